The summed E-state index contributed by atoms with van der Waals surface area (Å²) in [6, 6.07) is 4.49. The summed E-state index contributed by atoms with van der Waals surface area (Å²) in [5.74, 6) is 1.04. The average Bonchev–Trinajstić information content (AvgIpc) is 2.41. The third-order valence-electron chi connectivity index (χ3n) is 3.75. The molecule has 1 unspecified atom stereocenters. The fourth-order valence-corrected chi connectivity index (χ4v) is 2.79. The van der Waals surface area contributed by atoms with E-state index in [9.17, 15) is 0 Å². The van der Waals surface area contributed by atoms with Gasteiger partial charge in [-0.25, -0.2) is 4.98 Å². The summed E-state index contributed by atoms with van der Waals surface area (Å²) in [5, 5.41) is 4.12. The highest BCUT2D eigenvalue weighted by atomic mass is 35.5. The highest BCUT2D eigenvalue weighted by Crippen LogP contribution is 2.22. The van der Waals surface area contributed by atoms with Crippen molar-refractivity contribution in [2.45, 2.75) is 32.9 Å². The predicted octanol–water partition coefficient (Wildman–Crippen LogP) is 2.37. The Kier molecular flexibility index (Phi) is 5.64. The minimum atomic E-state index is 0.485. The van der Waals surface area contributed by atoms with E-state index in [4.69, 9.17) is 16.6 Å². The van der Waals surface area contributed by atoms with E-state index in [2.05, 4.69) is 36.0 Å². The Labute approximate surface area is 127 Å². The van der Waals surface area contributed by atoms with Gasteiger partial charge in [0.05, 0.1) is 10.7 Å². The lowest BCUT2D eigenvalue weighted by molar-refractivity contribution is 0.274. The van der Waals surface area contributed by atoms with E-state index in [-0.39, 0.29) is 0 Å². The Morgan fingerprint density at radius 3 is 2.90 bits per heavy atom. The van der Waals surface area contributed by atoms with Crippen molar-refractivity contribution in [2.75, 3.05) is 38.1 Å². The maximum absolute atomic E-state index is 6.24. The Hall–Kier alpha value is -0.840. The molecule has 112 valence electrons. The van der Waals surface area contributed by atoms with Gasteiger partial charge in [0.25, 0.3) is 0 Å². The number of hydrogen-bond donors (Lipinski definition) is 1. The topological polar surface area (TPSA) is 31.4 Å². The minimum Gasteiger partial charge on any atom is -0.351 e. The molecule has 0 saturated carbocycles. The molecule has 0 aliphatic carbocycles. The van der Waals surface area contributed by atoms with E-state index in [0.717, 1.165) is 55.7 Å². The van der Waals surface area contributed by atoms with Gasteiger partial charge in [-0.3, -0.25) is 0 Å². The number of anilines is 1. The highest BCUT2D eigenvalue weighted by Gasteiger charge is 2.22. The molecule has 0 radical (unpaired) electrons. The van der Waals surface area contributed by atoms with Gasteiger partial charge in [0.1, 0.15) is 5.82 Å². The van der Waals surface area contributed by atoms with Crippen molar-refractivity contribution in [3.05, 3.63) is 22.8 Å². The second-order valence-corrected chi connectivity index (χ2v) is 5.99. The number of hydrogen-bond acceptors (Lipinski definition) is 4. The average molecular weight is 297 g/mol. The molecule has 1 aliphatic rings. The Balaban J connectivity index is 2.10. The van der Waals surface area contributed by atoms with Crippen LogP contribution in [0.1, 0.15) is 26.0 Å². The van der Waals surface area contributed by atoms with Gasteiger partial charge in [0.2, 0.25) is 0 Å². The van der Waals surface area contributed by atoms with Crippen molar-refractivity contribution < 1.29 is 0 Å². The van der Waals surface area contributed by atoms with Crippen LogP contribution in [-0.4, -0.2) is 49.2 Å². The van der Waals surface area contributed by atoms with Crippen molar-refractivity contribution in [3.8, 4) is 0 Å². The number of rotatable bonds is 5. The van der Waals surface area contributed by atoms with E-state index < -0.39 is 0 Å². The fourth-order valence-electron chi connectivity index (χ4n) is 2.62. The molecule has 2 heterocycles. The molecule has 0 spiro atoms. The predicted molar refractivity (Wildman–Crippen MR) is 85.5 cm³/mol. The molecule has 0 amide bonds. The molecule has 20 heavy (non-hydrogen) atoms. The first-order chi connectivity index (χ1) is 9.61. The number of aromatic nitrogens is 1. The monoisotopic (exact) mass is 296 g/mol. The SMILES string of the molecule is CCCNCc1nc(N2CCN(C)CC2C)ccc1Cl. The van der Waals surface area contributed by atoms with Gasteiger partial charge in [-0.2, -0.15) is 0 Å². The van der Waals surface area contributed by atoms with Crippen LogP contribution >= 0.6 is 11.6 Å². The first-order valence-corrected chi connectivity index (χ1v) is 7.81. The summed E-state index contributed by atoms with van der Waals surface area (Å²) in [6.07, 6.45) is 1.12. The third-order valence-corrected chi connectivity index (χ3v) is 4.09. The number of likely N-dealkylation sites (N-methyl/N-ethyl adjacent to an activating group) is 1. The van der Waals surface area contributed by atoms with E-state index >= 15 is 0 Å². The summed E-state index contributed by atoms with van der Waals surface area (Å²) in [5.41, 5.74) is 0.948. The maximum atomic E-state index is 6.24. The van der Waals surface area contributed by atoms with Gasteiger partial charge >= 0.3 is 0 Å². The number of piperazine rings is 1. The Bertz CT molecular complexity index is 438. The van der Waals surface area contributed by atoms with E-state index in [1.807, 2.05) is 12.1 Å². The van der Waals surface area contributed by atoms with E-state index in [1.165, 1.54) is 0 Å². The van der Waals surface area contributed by atoms with Crippen LogP contribution in [0.5, 0.6) is 0 Å². The van der Waals surface area contributed by atoms with Gasteiger partial charge in [-0.05, 0) is 39.1 Å². The third kappa shape index (κ3) is 3.84. The van der Waals surface area contributed by atoms with E-state index in [0.29, 0.717) is 6.04 Å². The van der Waals surface area contributed by atoms with Crippen LogP contribution in [0.25, 0.3) is 0 Å². The first-order valence-electron chi connectivity index (χ1n) is 7.43. The lowest BCUT2D eigenvalue weighted by atomic mass is 10.2. The quantitative estimate of drug-likeness (QED) is 0.846. The zero-order valence-electron chi connectivity index (χ0n) is 12.7. The summed E-state index contributed by atoms with van der Waals surface area (Å²) in [4.78, 5) is 9.49. The number of halogens is 1. The van der Waals surface area contributed by atoms with Gasteiger partial charge in [-0.15, -0.1) is 0 Å². The van der Waals surface area contributed by atoms with Crippen molar-refractivity contribution in [2.24, 2.45) is 0 Å². The van der Waals surface area contributed by atoms with Crippen LogP contribution in [0.4, 0.5) is 5.82 Å². The second-order valence-electron chi connectivity index (χ2n) is 5.58. The molecule has 1 aromatic rings. The molecular weight excluding hydrogens is 272 g/mol. The highest BCUT2D eigenvalue weighted by molar-refractivity contribution is 6.31. The molecule has 0 aromatic carbocycles. The first kappa shape index (κ1) is 15.5. The van der Waals surface area contributed by atoms with Gasteiger partial charge in [0, 0.05) is 32.2 Å². The molecule has 1 saturated heterocycles. The molecule has 2 rings (SSSR count). The molecule has 1 atom stereocenters. The fraction of sp³-hybridized carbons (Fsp3) is 0.667. The van der Waals surface area contributed by atoms with Crippen LogP contribution in [0, 0.1) is 0 Å². The molecule has 1 N–H and O–H groups in total. The molecule has 1 fully saturated rings. The summed E-state index contributed by atoms with van der Waals surface area (Å²) in [6.45, 7) is 9.32. The molecule has 1 aromatic heterocycles. The molecule has 0 bridgehead atoms. The van der Waals surface area contributed by atoms with Crippen LogP contribution in [0.2, 0.25) is 5.02 Å². The molecular formula is C15H25ClN4. The number of nitrogens with zero attached hydrogens (tertiary/aromatic N) is 3. The Morgan fingerprint density at radius 2 is 2.20 bits per heavy atom. The molecule has 1 aliphatic heterocycles. The molecule has 4 nitrogen and oxygen atoms in total. The van der Waals surface area contributed by atoms with Crippen LogP contribution < -0.4 is 10.2 Å². The van der Waals surface area contributed by atoms with Gasteiger partial charge < -0.3 is 15.1 Å². The largest absolute Gasteiger partial charge is 0.351 e. The Morgan fingerprint density at radius 1 is 1.40 bits per heavy atom. The number of pyridine rings is 1. The van der Waals surface area contributed by atoms with Crippen LogP contribution in [-0.2, 0) is 6.54 Å². The zero-order valence-corrected chi connectivity index (χ0v) is 13.5. The summed E-state index contributed by atoms with van der Waals surface area (Å²) < 4.78 is 0. The normalized spacial score (nSPS) is 20.4. The van der Waals surface area contributed by atoms with Crippen molar-refractivity contribution in [1.29, 1.82) is 0 Å². The maximum Gasteiger partial charge on any atom is 0.129 e. The van der Waals surface area contributed by atoms with Crippen LogP contribution in [0.3, 0.4) is 0 Å². The standard InChI is InChI=1S/C15H25ClN4/c1-4-7-17-10-14-13(16)5-6-15(18-14)20-9-8-19(3)11-12(20)2/h5-6,12,17H,4,7-11H2,1-3H3. The molecule has 5 heteroatoms. The van der Waals surface area contributed by atoms with Crippen molar-refractivity contribution >= 4 is 17.4 Å². The number of nitrogens with one attached hydrogen (secondary N) is 1. The zero-order chi connectivity index (χ0) is 14.5. The van der Waals surface area contributed by atoms with Crippen molar-refractivity contribution in [1.82, 2.24) is 15.2 Å². The van der Waals surface area contributed by atoms with Crippen LogP contribution in [0.15, 0.2) is 12.1 Å². The lowest BCUT2D eigenvalue weighted by Gasteiger charge is -2.39. The minimum absolute atomic E-state index is 0.485. The van der Waals surface area contributed by atoms with Gasteiger partial charge in [-0.1, -0.05) is 18.5 Å². The summed E-state index contributed by atoms with van der Waals surface area (Å²) >= 11 is 6.24. The smallest absolute Gasteiger partial charge is 0.129 e. The van der Waals surface area contributed by atoms with Crippen molar-refractivity contribution in [3.63, 3.8) is 0 Å². The van der Waals surface area contributed by atoms with Gasteiger partial charge in [0.15, 0.2) is 0 Å². The summed E-state index contributed by atoms with van der Waals surface area (Å²) in [7, 11) is 2.17. The second kappa shape index (κ2) is 7.25. The lowest BCUT2D eigenvalue weighted by Crippen LogP contribution is -2.50. The van der Waals surface area contributed by atoms with E-state index in [1.54, 1.807) is 0 Å².